The third kappa shape index (κ3) is 4.79. The zero-order valence-corrected chi connectivity index (χ0v) is 20.5. The molecule has 1 aromatic carbocycles. The Labute approximate surface area is 207 Å². The molecule has 1 fully saturated rings. The maximum Gasteiger partial charge on any atom is 0.271 e. The van der Waals surface area contributed by atoms with Crippen molar-refractivity contribution in [2.45, 2.75) is 76.4 Å². The van der Waals surface area contributed by atoms with E-state index in [4.69, 9.17) is 4.42 Å². The fourth-order valence-electron chi connectivity index (χ4n) is 5.61. The van der Waals surface area contributed by atoms with Crippen LogP contribution in [0.3, 0.4) is 0 Å². The molecule has 5 rings (SSSR count). The fourth-order valence-corrected chi connectivity index (χ4v) is 5.61. The normalized spacial score (nSPS) is 20.9. The minimum atomic E-state index is -0.979. The van der Waals surface area contributed by atoms with Crippen molar-refractivity contribution in [2.75, 3.05) is 6.54 Å². The third-order valence-corrected chi connectivity index (χ3v) is 7.65. The SMILES string of the molecule is C[C@@]1(C(=O)NC2CCCCCC2)Cn2c(ccc2-c2ccco2)C(=O)N1CCCc1ccccc1. The molecule has 1 aliphatic carbocycles. The Bertz CT molecular complexity index is 1140. The minimum absolute atomic E-state index is 0.0535. The van der Waals surface area contributed by atoms with Crippen LogP contribution < -0.4 is 5.32 Å². The molecule has 0 bridgehead atoms. The number of fused-ring (bicyclic) bond motifs is 1. The van der Waals surface area contributed by atoms with Gasteiger partial charge in [-0.25, -0.2) is 0 Å². The van der Waals surface area contributed by atoms with E-state index < -0.39 is 5.54 Å². The summed E-state index contributed by atoms with van der Waals surface area (Å²) < 4.78 is 7.60. The zero-order chi connectivity index (χ0) is 24.3. The number of nitrogens with zero attached hydrogens (tertiary/aromatic N) is 2. The summed E-state index contributed by atoms with van der Waals surface area (Å²) in [5.41, 5.74) is 1.70. The van der Waals surface area contributed by atoms with Crippen LogP contribution in [-0.4, -0.2) is 39.4 Å². The van der Waals surface area contributed by atoms with Gasteiger partial charge in [-0.3, -0.25) is 9.59 Å². The highest BCUT2D eigenvalue weighted by molar-refractivity contribution is 6.00. The number of carbonyl (C=O) groups is 2. The summed E-state index contributed by atoms with van der Waals surface area (Å²) in [4.78, 5) is 29.5. The molecule has 35 heavy (non-hydrogen) atoms. The quantitative estimate of drug-likeness (QED) is 0.465. The summed E-state index contributed by atoms with van der Waals surface area (Å²) in [5.74, 6) is 0.552. The van der Waals surface area contributed by atoms with Crippen LogP contribution in [0.15, 0.2) is 65.3 Å². The van der Waals surface area contributed by atoms with Gasteiger partial charge in [-0.1, -0.05) is 56.0 Å². The smallest absolute Gasteiger partial charge is 0.271 e. The van der Waals surface area contributed by atoms with Crippen LogP contribution in [0.2, 0.25) is 0 Å². The van der Waals surface area contributed by atoms with Crippen LogP contribution in [0.4, 0.5) is 0 Å². The second kappa shape index (κ2) is 10.1. The first-order valence-corrected chi connectivity index (χ1v) is 13.0. The highest BCUT2D eigenvalue weighted by atomic mass is 16.3. The molecule has 0 unspecified atom stereocenters. The largest absolute Gasteiger partial charge is 0.463 e. The molecular weight excluding hydrogens is 438 g/mol. The van der Waals surface area contributed by atoms with Gasteiger partial charge in [0.05, 0.1) is 18.5 Å². The summed E-state index contributed by atoms with van der Waals surface area (Å²) in [6.45, 7) is 2.86. The van der Waals surface area contributed by atoms with E-state index in [1.165, 1.54) is 18.4 Å². The number of aromatic nitrogens is 1. The molecular formula is C29H35N3O3. The monoisotopic (exact) mass is 473 g/mol. The zero-order valence-electron chi connectivity index (χ0n) is 20.5. The van der Waals surface area contributed by atoms with E-state index in [9.17, 15) is 9.59 Å². The van der Waals surface area contributed by atoms with Crippen LogP contribution in [0.5, 0.6) is 0 Å². The summed E-state index contributed by atoms with van der Waals surface area (Å²) in [7, 11) is 0. The average Bonchev–Trinajstić information content (AvgIpc) is 3.47. The number of hydrogen-bond acceptors (Lipinski definition) is 3. The van der Waals surface area contributed by atoms with Crippen molar-refractivity contribution in [1.82, 2.24) is 14.8 Å². The van der Waals surface area contributed by atoms with Crippen molar-refractivity contribution in [1.29, 1.82) is 0 Å². The second-order valence-electron chi connectivity index (χ2n) is 10.1. The number of benzene rings is 1. The standard InChI is InChI=1S/C29H35N3O3/c1-29(28(34)30-23-14-7-2-3-8-15-23)21-31-24(26-16-10-20-35-26)17-18-25(31)27(33)32(29)19-9-13-22-11-5-4-6-12-22/h4-6,10-12,16-18,20,23H,2-3,7-9,13-15,19,21H2,1H3,(H,30,34)/t29-/m0/s1. The average molecular weight is 474 g/mol. The molecule has 3 heterocycles. The molecule has 1 saturated carbocycles. The van der Waals surface area contributed by atoms with Crippen LogP contribution >= 0.6 is 0 Å². The lowest BCUT2D eigenvalue weighted by atomic mass is 9.93. The van der Waals surface area contributed by atoms with E-state index in [1.54, 1.807) is 6.26 Å². The number of amides is 2. The molecule has 6 heteroatoms. The van der Waals surface area contributed by atoms with Gasteiger partial charge >= 0.3 is 0 Å². The Morgan fingerprint density at radius 1 is 1.00 bits per heavy atom. The van der Waals surface area contributed by atoms with Crippen molar-refractivity contribution < 1.29 is 14.0 Å². The van der Waals surface area contributed by atoms with Crippen molar-refractivity contribution in [3.63, 3.8) is 0 Å². The molecule has 3 aromatic rings. The van der Waals surface area contributed by atoms with E-state index in [2.05, 4.69) is 17.4 Å². The highest BCUT2D eigenvalue weighted by Gasteiger charge is 2.48. The number of carbonyl (C=O) groups excluding carboxylic acids is 2. The lowest BCUT2D eigenvalue weighted by molar-refractivity contribution is -0.133. The van der Waals surface area contributed by atoms with Crippen molar-refractivity contribution >= 4 is 11.8 Å². The van der Waals surface area contributed by atoms with E-state index in [1.807, 2.05) is 58.9 Å². The van der Waals surface area contributed by atoms with Crippen LogP contribution in [0.25, 0.3) is 11.5 Å². The summed E-state index contributed by atoms with van der Waals surface area (Å²) >= 11 is 0. The maximum atomic E-state index is 13.9. The summed E-state index contributed by atoms with van der Waals surface area (Å²) in [6.07, 6.45) is 10.1. The van der Waals surface area contributed by atoms with Crippen molar-refractivity contribution in [2.24, 2.45) is 0 Å². The molecule has 1 aliphatic heterocycles. The molecule has 2 aliphatic rings. The third-order valence-electron chi connectivity index (χ3n) is 7.65. The molecule has 0 spiro atoms. The van der Waals surface area contributed by atoms with Gasteiger partial charge in [0.25, 0.3) is 5.91 Å². The number of aryl methyl sites for hydroxylation is 1. The first-order chi connectivity index (χ1) is 17.1. The maximum absolute atomic E-state index is 13.9. The van der Waals surface area contributed by atoms with Gasteiger partial charge in [-0.15, -0.1) is 0 Å². The molecule has 2 aromatic heterocycles. The molecule has 2 amide bonds. The Morgan fingerprint density at radius 3 is 2.46 bits per heavy atom. The van der Waals surface area contributed by atoms with Crippen molar-refractivity contribution in [3.05, 3.63) is 72.1 Å². The minimum Gasteiger partial charge on any atom is -0.463 e. The predicted molar refractivity (Wildman–Crippen MR) is 136 cm³/mol. The molecule has 6 nitrogen and oxygen atoms in total. The second-order valence-corrected chi connectivity index (χ2v) is 10.1. The molecule has 0 radical (unpaired) electrons. The Balaban J connectivity index is 1.42. The van der Waals surface area contributed by atoms with Crippen LogP contribution in [0, 0.1) is 0 Å². The number of rotatable bonds is 7. The number of nitrogens with one attached hydrogen (secondary N) is 1. The lowest BCUT2D eigenvalue weighted by Crippen LogP contribution is -2.65. The number of hydrogen-bond donors (Lipinski definition) is 1. The fraction of sp³-hybridized carbons (Fsp3) is 0.448. The molecule has 1 N–H and O–H groups in total. The van der Waals surface area contributed by atoms with Gasteiger partial charge in [0.15, 0.2) is 0 Å². The lowest BCUT2D eigenvalue weighted by Gasteiger charge is -2.45. The van der Waals surface area contributed by atoms with Gasteiger partial charge in [0, 0.05) is 12.6 Å². The van der Waals surface area contributed by atoms with Gasteiger partial charge < -0.3 is 19.2 Å². The van der Waals surface area contributed by atoms with Crippen LogP contribution in [0.1, 0.15) is 67.9 Å². The van der Waals surface area contributed by atoms with E-state index in [-0.39, 0.29) is 17.9 Å². The van der Waals surface area contributed by atoms with E-state index >= 15 is 0 Å². The van der Waals surface area contributed by atoms with E-state index in [0.29, 0.717) is 24.5 Å². The van der Waals surface area contributed by atoms with Crippen molar-refractivity contribution in [3.8, 4) is 11.5 Å². The topological polar surface area (TPSA) is 67.5 Å². The van der Waals surface area contributed by atoms with Gasteiger partial charge in [-0.05, 0) is 62.4 Å². The van der Waals surface area contributed by atoms with Crippen LogP contribution in [-0.2, 0) is 17.8 Å². The molecule has 0 saturated heterocycles. The van der Waals surface area contributed by atoms with Gasteiger partial charge in [0.1, 0.15) is 17.0 Å². The predicted octanol–water partition coefficient (Wildman–Crippen LogP) is 5.43. The summed E-state index contributed by atoms with van der Waals surface area (Å²) in [5, 5.41) is 3.34. The van der Waals surface area contributed by atoms with Gasteiger partial charge in [-0.2, -0.15) is 0 Å². The Hall–Kier alpha value is -3.28. The first kappa shape index (κ1) is 23.5. The summed E-state index contributed by atoms with van der Waals surface area (Å²) in [6, 6.07) is 18.0. The highest BCUT2D eigenvalue weighted by Crippen LogP contribution is 2.34. The molecule has 184 valence electrons. The molecule has 1 atom stereocenters. The number of furan rings is 1. The Kier molecular flexibility index (Phi) is 6.80. The Morgan fingerprint density at radius 2 is 1.74 bits per heavy atom. The first-order valence-electron chi connectivity index (χ1n) is 13.0. The van der Waals surface area contributed by atoms with E-state index in [0.717, 1.165) is 44.2 Å². The van der Waals surface area contributed by atoms with Gasteiger partial charge in [0.2, 0.25) is 5.91 Å².